The predicted molar refractivity (Wildman–Crippen MR) is 115 cm³/mol. The fraction of sp³-hybridized carbons (Fsp3) is 0.217. The van der Waals surface area contributed by atoms with Crippen LogP contribution in [0.2, 0.25) is 0 Å². The lowest BCUT2D eigenvalue weighted by Crippen LogP contribution is -2.47. The maximum absolute atomic E-state index is 13.7. The van der Waals surface area contributed by atoms with Crippen molar-refractivity contribution >= 4 is 22.5 Å². The number of nitrogens with zero attached hydrogens (tertiary/aromatic N) is 6. The molecule has 2 aliphatic rings. The highest BCUT2D eigenvalue weighted by Crippen LogP contribution is 2.38. The number of piperazine rings is 1. The van der Waals surface area contributed by atoms with E-state index in [0.29, 0.717) is 17.2 Å². The maximum atomic E-state index is 13.7. The van der Waals surface area contributed by atoms with Crippen LogP contribution in [0.4, 0.5) is 15.9 Å². The van der Waals surface area contributed by atoms with Crippen LogP contribution in [0.15, 0.2) is 55.0 Å². The molecule has 0 saturated carbocycles. The third kappa shape index (κ3) is 2.89. The molecule has 0 spiro atoms. The lowest BCUT2D eigenvalue weighted by molar-refractivity contribution is 0.617. The number of hydrogen-bond acceptors (Lipinski definition) is 6. The topological polar surface area (TPSA) is 84.7 Å². The number of aromatic amines is 1. The van der Waals surface area contributed by atoms with Crippen LogP contribution in [0.3, 0.4) is 0 Å². The van der Waals surface area contributed by atoms with Crippen molar-refractivity contribution in [2.45, 2.75) is 18.5 Å². The molecular weight excluding hydrogens is 393 g/mol. The number of benzene rings is 1. The third-order valence-electron chi connectivity index (χ3n) is 6.20. The van der Waals surface area contributed by atoms with Crippen LogP contribution in [-0.2, 0) is 0 Å². The molecule has 8 heteroatoms. The number of H-pyrrole nitrogens is 1. The summed E-state index contributed by atoms with van der Waals surface area (Å²) in [6.45, 7) is 1.51. The van der Waals surface area contributed by atoms with Crippen molar-refractivity contribution in [3.05, 3.63) is 66.4 Å². The van der Waals surface area contributed by atoms with Gasteiger partial charge in [0, 0.05) is 48.2 Å². The summed E-state index contributed by atoms with van der Waals surface area (Å²) in [6.07, 6.45) is 6.14. The molecule has 0 amide bonds. The molecule has 1 aromatic carbocycles. The molecule has 6 rings (SSSR count). The van der Waals surface area contributed by atoms with Gasteiger partial charge in [0.05, 0.1) is 12.2 Å². The van der Waals surface area contributed by atoms with E-state index in [1.807, 2.05) is 24.4 Å². The van der Waals surface area contributed by atoms with Crippen molar-refractivity contribution in [2.75, 3.05) is 22.9 Å². The second kappa shape index (κ2) is 6.77. The van der Waals surface area contributed by atoms with Gasteiger partial charge < -0.3 is 14.8 Å². The number of rotatable bonds is 3. The van der Waals surface area contributed by atoms with Gasteiger partial charge >= 0.3 is 0 Å². The Morgan fingerprint density at radius 2 is 1.94 bits per heavy atom. The van der Waals surface area contributed by atoms with Crippen molar-refractivity contribution in [3.8, 4) is 17.5 Å². The second-order valence-corrected chi connectivity index (χ2v) is 8.01. The number of anilines is 2. The molecule has 1 N–H and O–H groups in total. The van der Waals surface area contributed by atoms with E-state index in [4.69, 9.17) is 4.98 Å². The average Bonchev–Trinajstić information content (AvgIpc) is 3.53. The van der Waals surface area contributed by atoms with Crippen LogP contribution >= 0.6 is 0 Å². The van der Waals surface area contributed by atoms with Crippen LogP contribution in [0.1, 0.15) is 12.0 Å². The summed E-state index contributed by atoms with van der Waals surface area (Å²) in [5, 5.41) is 10.6. The zero-order chi connectivity index (χ0) is 20.9. The van der Waals surface area contributed by atoms with Crippen molar-refractivity contribution in [2.24, 2.45) is 0 Å². The van der Waals surface area contributed by atoms with E-state index in [1.54, 1.807) is 24.5 Å². The Morgan fingerprint density at radius 1 is 1.06 bits per heavy atom. The summed E-state index contributed by atoms with van der Waals surface area (Å²) in [5.41, 5.74) is 2.99. The van der Waals surface area contributed by atoms with E-state index in [-0.39, 0.29) is 17.9 Å². The van der Waals surface area contributed by atoms with E-state index >= 15 is 0 Å². The number of fused-ring (bicyclic) bond motifs is 3. The van der Waals surface area contributed by atoms with Crippen LogP contribution in [0.5, 0.6) is 0 Å². The third-order valence-corrected chi connectivity index (χ3v) is 6.20. The van der Waals surface area contributed by atoms with Gasteiger partial charge in [-0.1, -0.05) is 6.07 Å². The molecule has 2 atom stereocenters. The summed E-state index contributed by atoms with van der Waals surface area (Å²) >= 11 is 0. The minimum absolute atomic E-state index is 0.216. The lowest BCUT2D eigenvalue weighted by atomic mass is 10.2. The summed E-state index contributed by atoms with van der Waals surface area (Å²) in [4.78, 5) is 21.2. The number of pyridine rings is 1. The van der Waals surface area contributed by atoms with Gasteiger partial charge in [-0.15, -0.1) is 0 Å². The lowest BCUT2D eigenvalue weighted by Gasteiger charge is -2.36. The van der Waals surface area contributed by atoms with E-state index in [2.05, 4.69) is 30.8 Å². The van der Waals surface area contributed by atoms with Gasteiger partial charge in [-0.2, -0.15) is 5.26 Å². The van der Waals surface area contributed by atoms with E-state index in [1.165, 1.54) is 6.07 Å². The van der Waals surface area contributed by atoms with Gasteiger partial charge in [0.25, 0.3) is 0 Å². The van der Waals surface area contributed by atoms with Crippen LogP contribution in [-0.4, -0.2) is 45.1 Å². The number of halogens is 1. The first-order valence-corrected chi connectivity index (χ1v) is 10.2. The largest absolute Gasteiger partial charge is 0.365 e. The molecule has 5 heterocycles. The SMILES string of the molecule is N#Cc1cnc(-c2cnc3[nH]ccc3c2)nc1N1C[C@@H]2C[C@@H]1CN2c1cccc(F)c1. The maximum Gasteiger partial charge on any atom is 0.163 e. The predicted octanol–water partition coefficient (Wildman–Crippen LogP) is 3.50. The number of aromatic nitrogens is 4. The molecule has 0 unspecified atom stereocenters. The molecule has 2 fully saturated rings. The average molecular weight is 411 g/mol. The number of nitriles is 1. The van der Waals surface area contributed by atoms with Gasteiger partial charge in [-0.25, -0.2) is 19.3 Å². The molecule has 2 saturated heterocycles. The van der Waals surface area contributed by atoms with Gasteiger partial charge in [0.1, 0.15) is 23.1 Å². The summed E-state index contributed by atoms with van der Waals surface area (Å²) in [7, 11) is 0. The first kappa shape index (κ1) is 17.8. The zero-order valence-corrected chi connectivity index (χ0v) is 16.5. The van der Waals surface area contributed by atoms with E-state index in [0.717, 1.165) is 41.8 Å². The summed E-state index contributed by atoms with van der Waals surface area (Å²) in [5.74, 6) is 0.986. The van der Waals surface area contributed by atoms with Crippen LogP contribution < -0.4 is 9.80 Å². The monoisotopic (exact) mass is 411 g/mol. The molecule has 2 aliphatic heterocycles. The van der Waals surface area contributed by atoms with Gasteiger partial charge in [-0.3, -0.25) is 0 Å². The Kier molecular flexibility index (Phi) is 3.90. The fourth-order valence-electron chi connectivity index (χ4n) is 4.77. The zero-order valence-electron chi connectivity index (χ0n) is 16.5. The van der Waals surface area contributed by atoms with Gasteiger partial charge in [0.15, 0.2) is 11.6 Å². The minimum Gasteiger partial charge on any atom is -0.365 e. The molecule has 7 nitrogen and oxygen atoms in total. The Labute approximate surface area is 177 Å². The standard InChI is InChI=1S/C23H18FN7/c24-17-2-1-3-18(7-17)30-12-20-8-19(30)13-31(20)23-16(9-25)11-28-22(29-23)15-6-14-4-5-26-21(14)27-10-15/h1-7,10-11,19-20H,8,12-13H2,(H,26,27)/t19-,20+/m0/s1. The molecule has 3 aromatic heterocycles. The summed E-state index contributed by atoms with van der Waals surface area (Å²) in [6, 6.07) is 13.4. The highest BCUT2D eigenvalue weighted by Gasteiger charge is 2.44. The number of nitrogens with one attached hydrogen (secondary N) is 1. The first-order valence-electron chi connectivity index (χ1n) is 10.2. The van der Waals surface area contributed by atoms with Crippen molar-refractivity contribution in [1.82, 2.24) is 19.9 Å². The highest BCUT2D eigenvalue weighted by molar-refractivity contribution is 5.80. The minimum atomic E-state index is -0.225. The van der Waals surface area contributed by atoms with E-state index in [9.17, 15) is 9.65 Å². The molecule has 0 radical (unpaired) electrons. The molecule has 2 bridgehead atoms. The number of hydrogen-bond donors (Lipinski definition) is 1. The normalized spacial score (nSPS) is 19.9. The van der Waals surface area contributed by atoms with Crippen LogP contribution in [0.25, 0.3) is 22.4 Å². The van der Waals surface area contributed by atoms with Crippen molar-refractivity contribution in [3.63, 3.8) is 0 Å². The van der Waals surface area contributed by atoms with E-state index < -0.39 is 0 Å². The van der Waals surface area contributed by atoms with Gasteiger partial charge in [0.2, 0.25) is 0 Å². The Bertz CT molecular complexity index is 1340. The Hall–Kier alpha value is -3.99. The molecule has 0 aliphatic carbocycles. The second-order valence-electron chi connectivity index (χ2n) is 8.01. The van der Waals surface area contributed by atoms with Crippen molar-refractivity contribution < 1.29 is 4.39 Å². The van der Waals surface area contributed by atoms with Crippen molar-refractivity contribution in [1.29, 1.82) is 5.26 Å². The summed E-state index contributed by atoms with van der Waals surface area (Å²) < 4.78 is 13.7. The Morgan fingerprint density at radius 3 is 2.74 bits per heavy atom. The Balaban J connectivity index is 1.32. The van der Waals surface area contributed by atoms with Gasteiger partial charge in [-0.05, 0) is 36.8 Å². The fourth-order valence-corrected chi connectivity index (χ4v) is 4.77. The quantitative estimate of drug-likeness (QED) is 0.556. The molecular formula is C23H18FN7. The molecule has 152 valence electrons. The smallest absolute Gasteiger partial charge is 0.163 e. The highest BCUT2D eigenvalue weighted by atomic mass is 19.1. The first-order chi connectivity index (χ1) is 15.2. The molecule has 31 heavy (non-hydrogen) atoms. The molecule has 4 aromatic rings. The van der Waals surface area contributed by atoms with Crippen LogP contribution in [0, 0.1) is 17.1 Å².